The Kier molecular flexibility index (Phi) is 4.89. The number of benzene rings is 2. The van der Waals surface area contributed by atoms with Crippen molar-refractivity contribution in [1.29, 1.82) is 0 Å². The van der Waals surface area contributed by atoms with E-state index < -0.39 is 11.0 Å². The van der Waals surface area contributed by atoms with Crippen molar-refractivity contribution in [3.05, 3.63) is 65.0 Å². The molecule has 0 bridgehead atoms. The second-order valence-corrected chi connectivity index (χ2v) is 7.29. The maximum absolute atomic E-state index is 13.0. The lowest BCUT2D eigenvalue weighted by Gasteiger charge is -2.35. The summed E-state index contributed by atoms with van der Waals surface area (Å²) < 4.78 is 27.5. The Morgan fingerprint density at radius 2 is 1.88 bits per heavy atom. The monoisotopic (exact) mass is 341 g/mol. The molecule has 1 heterocycles. The quantitative estimate of drug-likeness (QED) is 0.636. The molecular formula is C19H16FNO2S. The third-order valence-electron chi connectivity index (χ3n) is 3.78. The van der Waals surface area contributed by atoms with E-state index in [-0.39, 0.29) is 5.82 Å². The molecule has 0 saturated carbocycles. The first-order valence-electron chi connectivity index (χ1n) is 7.60. The molecule has 3 nitrogen and oxygen atoms in total. The van der Waals surface area contributed by atoms with E-state index >= 15 is 0 Å². The van der Waals surface area contributed by atoms with Crippen LogP contribution in [0.25, 0.3) is 0 Å². The van der Waals surface area contributed by atoms with E-state index in [2.05, 4.69) is 18.8 Å². The summed E-state index contributed by atoms with van der Waals surface area (Å²) in [5.41, 5.74) is 1.69. The first kappa shape index (κ1) is 16.6. The predicted octanol–water partition coefficient (Wildman–Crippen LogP) is 3.01. The molecule has 1 fully saturated rings. The summed E-state index contributed by atoms with van der Waals surface area (Å²) in [6, 6.07) is 10.8. The number of carbonyl (C=O) groups excluding carboxylic acids is 1. The van der Waals surface area contributed by atoms with Gasteiger partial charge >= 0.3 is 0 Å². The Bertz CT molecular complexity index is 846. The van der Waals surface area contributed by atoms with Gasteiger partial charge in [-0.05, 0) is 42.3 Å². The lowest BCUT2D eigenvalue weighted by atomic mass is 10.1. The number of halogens is 1. The summed E-state index contributed by atoms with van der Waals surface area (Å²) in [5, 5.41) is 0. The zero-order valence-corrected chi connectivity index (χ0v) is 14.0. The largest absolute Gasteiger partial charge is 0.298 e. The van der Waals surface area contributed by atoms with Crippen molar-refractivity contribution < 1.29 is 13.4 Å². The van der Waals surface area contributed by atoms with Gasteiger partial charge in [-0.2, -0.15) is 0 Å². The van der Waals surface area contributed by atoms with Gasteiger partial charge in [0.05, 0.1) is 4.90 Å². The molecule has 2 aromatic carbocycles. The van der Waals surface area contributed by atoms with Crippen molar-refractivity contribution >= 4 is 17.3 Å². The van der Waals surface area contributed by atoms with E-state index in [9.17, 15) is 13.4 Å². The highest BCUT2D eigenvalue weighted by Gasteiger charge is 2.29. The fourth-order valence-corrected chi connectivity index (χ4v) is 4.00. The van der Waals surface area contributed by atoms with E-state index in [1.54, 1.807) is 30.3 Å². The molecule has 3 rings (SSSR count). The van der Waals surface area contributed by atoms with Gasteiger partial charge in [0.2, 0.25) is 0 Å². The average molecular weight is 341 g/mol. The van der Waals surface area contributed by atoms with E-state index in [0.29, 0.717) is 27.5 Å². The fraction of sp³-hybridized carbons (Fsp3) is 0.211. The van der Waals surface area contributed by atoms with E-state index in [1.807, 2.05) is 4.31 Å². The zero-order valence-electron chi connectivity index (χ0n) is 13.2. The topological polar surface area (TPSA) is 37.4 Å². The summed E-state index contributed by atoms with van der Waals surface area (Å²) >= 11 is 0. The van der Waals surface area contributed by atoms with Crippen LogP contribution in [0.1, 0.15) is 28.4 Å². The highest BCUT2D eigenvalue weighted by Crippen LogP contribution is 2.24. The molecular weight excluding hydrogens is 325 g/mol. The number of nitrogens with zero attached hydrogens (tertiary/aromatic N) is 1. The van der Waals surface area contributed by atoms with Crippen molar-refractivity contribution in [2.75, 3.05) is 13.1 Å². The zero-order chi connectivity index (χ0) is 17.1. The van der Waals surface area contributed by atoms with Crippen LogP contribution in [0.2, 0.25) is 0 Å². The van der Waals surface area contributed by atoms with Gasteiger partial charge in [-0.3, -0.25) is 4.79 Å². The van der Waals surface area contributed by atoms with E-state index in [4.69, 9.17) is 0 Å². The van der Waals surface area contributed by atoms with Crippen LogP contribution < -0.4 is 0 Å². The standard InChI is InChI=1S/C19H16FNO2S/c1-14-11-21(12-14)24(23)19-9-5-16(13-22)10-17(19)6-2-15-3-7-18(20)8-4-15/h3-5,7-10,13-14H,11-12H2,1H3. The number of hydrogen-bond acceptors (Lipinski definition) is 2. The van der Waals surface area contributed by atoms with E-state index in [1.165, 1.54) is 12.1 Å². The lowest BCUT2D eigenvalue weighted by molar-refractivity contribution is 0.112. The first-order valence-corrected chi connectivity index (χ1v) is 8.71. The molecule has 1 aliphatic heterocycles. The summed E-state index contributed by atoms with van der Waals surface area (Å²) in [6.45, 7) is 3.68. The molecule has 0 aromatic heterocycles. The summed E-state index contributed by atoms with van der Waals surface area (Å²) in [5.74, 6) is 6.12. The molecule has 0 radical (unpaired) electrons. The second-order valence-electron chi connectivity index (χ2n) is 5.83. The molecule has 122 valence electrons. The molecule has 2 aromatic rings. The molecule has 24 heavy (non-hydrogen) atoms. The van der Waals surface area contributed by atoms with Crippen molar-refractivity contribution in [1.82, 2.24) is 4.31 Å². The molecule has 0 N–H and O–H groups in total. The third kappa shape index (κ3) is 3.61. The van der Waals surface area contributed by atoms with E-state index in [0.717, 1.165) is 19.4 Å². The maximum Gasteiger partial charge on any atom is 0.150 e. The first-order chi connectivity index (χ1) is 11.6. The average Bonchev–Trinajstić information content (AvgIpc) is 2.57. The van der Waals surface area contributed by atoms with Crippen LogP contribution in [0.4, 0.5) is 4.39 Å². The van der Waals surface area contributed by atoms with Crippen LogP contribution in [0.15, 0.2) is 47.4 Å². The van der Waals surface area contributed by atoms with Crippen molar-refractivity contribution in [3.8, 4) is 11.8 Å². The van der Waals surface area contributed by atoms with Gasteiger partial charge in [-0.25, -0.2) is 12.9 Å². The number of aldehydes is 1. The minimum absolute atomic E-state index is 0.322. The SMILES string of the molecule is CC1CN(S(=O)c2ccc(C=O)cc2C#Cc2ccc(F)cc2)C1. The van der Waals surface area contributed by atoms with Crippen molar-refractivity contribution in [2.24, 2.45) is 5.92 Å². The molecule has 0 aliphatic carbocycles. The highest BCUT2D eigenvalue weighted by molar-refractivity contribution is 7.82. The normalized spacial score (nSPS) is 15.9. The molecule has 1 saturated heterocycles. The van der Waals surface area contributed by atoms with Gasteiger partial charge < -0.3 is 0 Å². The van der Waals surface area contributed by atoms with Gasteiger partial charge in [-0.15, -0.1) is 0 Å². The molecule has 5 heteroatoms. The van der Waals surface area contributed by atoms with Crippen LogP contribution in [0.5, 0.6) is 0 Å². The summed E-state index contributed by atoms with van der Waals surface area (Å²) in [7, 11) is -1.29. The Labute approximate surface area is 143 Å². The van der Waals surface area contributed by atoms with Crippen LogP contribution >= 0.6 is 0 Å². The summed E-state index contributed by atoms with van der Waals surface area (Å²) in [4.78, 5) is 11.6. The number of hydrogen-bond donors (Lipinski definition) is 0. The smallest absolute Gasteiger partial charge is 0.150 e. The Balaban J connectivity index is 1.94. The van der Waals surface area contributed by atoms with Crippen molar-refractivity contribution in [3.63, 3.8) is 0 Å². The minimum atomic E-state index is -1.29. The van der Waals surface area contributed by atoms with Gasteiger partial charge in [0.15, 0.2) is 0 Å². The number of carbonyl (C=O) groups is 1. The van der Waals surface area contributed by atoms with Gasteiger partial charge in [0.1, 0.15) is 23.1 Å². The van der Waals surface area contributed by atoms with Gasteiger partial charge in [0, 0.05) is 29.8 Å². The van der Waals surface area contributed by atoms with Crippen LogP contribution in [0, 0.1) is 23.6 Å². The Morgan fingerprint density at radius 1 is 1.17 bits per heavy atom. The molecule has 1 unspecified atom stereocenters. The minimum Gasteiger partial charge on any atom is -0.298 e. The van der Waals surface area contributed by atoms with Gasteiger partial charge in [0.25, 0.3) is 0 Å². The molecule has 0 spiro atoms. The van der Waals surface area contributed by atoms with Crippen LogP contribution in [-0.2, 0) is 11.0 Å². The van der Waals surface area contributed by atoms with Gasteiger partial charge in [-0.1, -0.05) is 24.8 Å². The lowest BCUT2D eigenvalue weighted by Crippen LogP contribution is -2.45. The Hall–Kier alpha value is -2.29. The highest BCUT2D eigenvalue weighted by atomic mass is 32.2. The van der Waals surface area contributed by atoms with Crippen LogP contribution in [0.3, 0.4) is 0 Å². The molecule has 1 atom stereocenters. The predicted molar refractivity (Wildman–Crippen MR) is 91.4 cm³/mol. The van der Waals surface area contributed by atoms with Crippen molar-refractivity contribution in [2.45, 2.75) is 11.8 Å². The fourth-order valence-electron chi connectivity index (χ4n) is 2.46. The maximum atomic E-state index is 13.0. The number of rotatable bonds is 3. The van der Waals surface area contributed by atoms with Crippen LogP contribution in [-0.4, -0.2) is 27.9 Å². The summed E-state index contributed by atoms with van der Waals surface area (Å²) in [6.07, 6.45) is 0.738. The molecule has 0 amide bonds. The Morgan fingerprint density at radius 3 is 2.50 bits per heavy atom. The molecule has 1 aliphatic rings. The third-order valence-corrected chi connectivity index (χ3v) is 5.28. The second kappa shape index (κ2) is 7.08.